The predicted molar refractivity (Wildman–Crippen MR) is 471 cm³/mol. The number of nitrogen functional groups attached to an aromatic ring is 1. The zero-order valence-electron chi connectivity index (χ0n) is 65.4. The third-order valence-electron chi connectivity index (χ3n) is 16.2. The van der Waals surface area contributed by atoms with Gasteiger partial charge in [-0.15, -0.1) is 12.4 Å². The van der Waals surface area contributed by atoms with Crippen LogP contribution < -0.4 is 28.0 Å². The van der Waals surface area contributed by atoms with Gasteiger partial charge in [0, 0.05) is 42.1 Å². The molecule has 10 aromatic carbocycles. The van der Waals surface area contributed by atoms with E-state index in [-0.39, 0.29) is 131 Å². The molecule has 0 fully saturated rings. The van der Waals surface area contributed by atoms with E-state index >= 15 is 0 Å². The molecule has 0 saturated carbocycles. The van der Waals surface area contributed by atoms with Crippen molar-refractivity contribution in [1.29, 1.82) is 0 Å². The van der Waals surface area contributed by atoms with Gasteiger partial charge >= 0.3 is 41.1 Å². The van der Waals surface area contributed by atoms with Crippen LogP contribution in [0.25, 0.3) is 11.4 Å². The van der Waals surface area contributed by atoms with E-state index in [1.165, 1.54) is 35.0 Å². The van der Waals surface area contributed by atoms with Crippen molar-refractivity contribution in [2.75, 3.05) is 5.73 Å². The molecule has 0 aliphatic heterocycles. The average molecular weight is 1810 g/mol. The van der Waals surface area contributed by atoms with Gasteiger partial charge in [-0.2, -0.15) is 46.6 Å². The van der Waals surface area contributed by atoms with Crippen LogP contribution in [0.15, 0.2) is 255 Å². The number of aliphatic hydroxyl groups excluding tert-OH is 3. The van der Waals surface area contributed by atoms with Crippen LogP contribution >= 0.6 is 58.8 Å². The minimum absolute atomic E-state index is 0. The first kappa shape index (κ1) is 105. The quantitative estimate of drug-likeness (QED) is 0.00603. The van der Waals surface area contributed by atoms with E-state index in [0.717, 1.165) is 33.9 Å². The zero-order chi connectivity index (χ0) is 84.1. The molecule has 0 aliphatic carbocycles. The number of amides is 1. The number of carboxylic acids is 1. The summed E-state index contributed by atoms with van der Waals surface area (Å²) in [5.41, 5.74) is 14.5. The van der Waals surface area contributed by atoms with Crippen molar-refractivity contribution >= 4 is 129 Å². The normalized spacial score (nSPS) is 11.0. The number of esters is 1. The number of nitro groups is 2. The van der Waals surface area contributed by atoms with Crippen molar-refractivity contribution in [2.24, 2.45) is 0 Å². The van der Waals surface area contributed by atoms with Gasteiger partial charge in [0.15, 0.2) is 11.5 Å². The van der Waals surface area contributed by atoms with E-state index in [2.05, 4.69) is 21.6 Å². The Morgan fingerprint density at radius 1 is 0.533 bits per heavy atom. The number of aromatic nitrogens is 4. The fourth-order valence-corrected chi connectivity index (χ4v) is 11.5. The summed E-state index contributed by atoms with van der Waals surface area (Å²) < 4.78 is 13.6. The van der Waals surface area contributed by atoms with E-state index in [4.69, 9.17) is 61.6 Å². The molecule has 0 radical (unpaired) electrons. The Morgan fingerprint density at radius 2 is 0.950 bits per heavy atom. The molecule has 3 atom stereocenters. The Kier molecular flexibility index (Phi) is 44.9. The number of nitro benzene ring substituents is 2. The number of aromatic carboxylic acids is 1. The SMILES string of the molecule is C.C.Cc1cc(C(=O)Cc2cc(C(O)c3ccccc3)ccc2Cl)n(-c2cccc(CNC(=O)OC(C)(C)C)c2)n1.Cc1cc(C(=O)O)n(-c2cccc(CCC(=O)OC(C)(C)C)c2)n1.Cl.Nc1cc(C(O)c2ccccc2)ccc1Cl.O=Cc1ccc(Cl)c([N+](=O)[O-])c1.O=[N+]([O-])c1cc(C(O)c2ccccc2)ccc1Cl.[Br-].[Mg+2].[c-]1ccccc1. The second-order valence-corrected chi connectivity index (χ2v) is 29.2. The smallest absolute Gasteiger partial charge is 1.00 e. The first-order chi connectivity index (χ1) is 54.6. The van der Waals surface area contributed by atoms with Crippen molar-refractivity contribution in [3.63, 3.8) is 0 Å². The van der Waals surface area contributed by atoms with Crippen molar-refractivity contribution in [3.05, 3.63) is 380 Å². The number of carbonyl (C=O) groups excluding carboxylic acids is 4. The number of aryl methyl sites for hydroxylation is 3. The number of halogens is 6. The number of ketones is 1. The molecular weight excluding hydrogens is 1710 g/mol. The number of benzene rings is 10. The second kappa shape index (κ2) is 51.1. The fraction of sp³-hybridized carbons (Fsp3) is 0.211. The van der Waals surface area contributed by atoms with E-state index in [1.807, 2.05) is 167 Å². The summed E-state index contributed by atoms with van der Waals surface area (Å²) in [6, 6.07) is 76.8. The van der Waals surface area contributed by atoms with Gasteiger partial charge in [-0.05, 0) is 185 Å². The number of aliphatic hydroxyl groups is 3. The number of carbonyl (C=O) groups is 5. The maximum atomic E-state index is 13.5. The minimum atomic E-state index is -1.03. The number of nitrogens with one attached hydrogen (secondary N) is 1. The monoisotopic (exact) mass is 1800 g/mol. The third kappa shape index (κ3) is 33.9. The molecule has 2 heterocycles. The van der Waals surface area contributed by atoms with E-state index in [9.17, 15) is 64.6 Å². The molecule has 7 N–H and O–H groups in total. The number of Topliss-reactive ketones (excluding diaryl/α,β-unsaturated/α-hetero) is 1. The molecule has 1 amide bonds. The molecule has 0 bridgehead atoms. The molecule has 12 rings (SSSR count). The average Bonchev–Trinajstić information content (AvgIpc) is 1.69. The number of rotatable bonds is 20. The first-order valence-corrected chi connectivity index (χ1v) is 37.1. The summed E-state index contributed by atoms with van der Waals surface area (Å²) in [7, 11) is 0. The Labute approximate surface area is 751 Å². The van der Waals surface area contributed by atoms with E-state index in [0.29, 0.717) is 79.1 Å². The summed E-state index contributed by atoms with van der Waals surface area (Å²) in [6.07, 6.45) is -1.54. The van der Waals surface area contributed by atoms with Gasteiger partial charge in [-0.25, -0.2) is 19.0 Å². The van der Waals surface area contributed by atoms with Crippen LogP contribution in [0.2, 0.25) is 20.1 Å². The minimum Gasteiger partial charge on any atom is -1.00 e. The topological polar surface area (TPSA) is 345 Å². The largest absolute Gasteiger partial charge is 2.00 e. The molecule has 120 heavy (non-hydrogen) atoms. The summed E-state index contributed by atoms with van der Waals surface area (Å²) in [5, 5.41) is 74.0. The van der Waals surface area contributed by atoms with Crippen LogP contribution in [0, 0.1) is 40.1 Å². The van der Waals surface area contributed by atoms with Gasteiger partial charge in [0.1, 0.15) is 51.5 Å². The number of ether oxygens (including phenoxy) is 2. The first-order valence-electron chi connectivity index (χ1n) is 35.6. The molecular formula is C90H94BrCl5MgN8O15. The summed E-state index contributed by atoms with van der Waals surface area (Å²) >= 11 is 23.5. The molecule has 0 spiro atoms. The number of aldehydes is 1. The summed E-state index contributed by atoms with van der Waals surface area (Å²) in [6.45, 7) is 14.7. The van der Waals surface area contributed by atoms with Crippen LogP contribution in [0.3, 0.4) is 0 Å². The van der Waals surface area contributed by atoms with Gasteiger partial charge in [0.25, 0.3) is 11.4 Å². The molecule has 2 aromatic heterocycles. The molecule has 30 heteroatoms. The molecule has 628 valence electrons. The third-order valence-corrected chi connectivity index (χ3v) is 17.5. The number of nitrogens with zero attached hydrogens (tertiary/aromatic N) is 6. The number of alkyl carbamates (subject to hydrolysis) is 1. The Hall–Kier alpha value is -10.7. The van der Waals surface area contributed by atoms with Gasteiger partial charge in [0.05, 0.1) is 43.3 Å². The molecule has 12 aromatic rings. The van der Waals surface area contributed by atoms with Crippen LogP contribution in [0.5, 0.6) is 0 Å². The number of hydrogen-bond acceptors (Lipinski definition) is 17. The second-order valence-electron chi connectivity index (χ2n) is 27.6. The standard InChI is InChI=1S/C31H32ClN3O4.C18H22N2O4.C13H10ClNO3.C13H12ClNO.C7H4ClNO3.C6H5.2CH4.BrH.ClH.Mg/c1-20-15-27(35(34-20)25-12-8-9-21(16-25)19-33-30(38)39-31(2,3)4)28(36)18-24-17-23(13-14-26(24)32)29(37)22-10-6-5-7-11-22;1-12-10-15(17(22)23)20(19-12)14-7-5-6-13(11-14)8-9-16(21)24-18(2,3)4;14-11-7-6-10(8-12(11)15(17)18)13(16)9-4-2-1-3-5-9;14-11-7-6-10(8-12(11)15)13(16)9-4-2-1-3-5-9;8-6-2-1-5(4-10)3-7(6)9(11)12;1-2-4-6-5-3-1;;;;;/h5-17,29,37H,18-19H2,1-4H3,(H,33,38);5-7,10-11H,8-9H2,1-4H3,(H,22,23);1-8,13,16H;1-8,13,16H,15H2;1-4H;1-5H;2*1H4;2*1H;/q;;;;;-1;;;;;+2/p-1. The maximum absolute atomic E-state index is 13.5. The number of carboxylic acid groups (broad SMARTS) is 1. The Balaban J connectivity index is 0.000000521. The van der Waals surface area contributed by atoms with Crippen molar-refractivity contribution in [2.45, 2.75) is 126 Å². The number of nitrogens with two attached hydrogens (primary N) is 1. The van der Waals surface area contributed by atoms with Crippen LogP contribution in [0.4, 0.5) is 21.9 Å². The molecule has 3 unspecified atom stereocenters. The predicted octanol–water partition coefficient (Wildman–Crippen LogP) is 17.7. The van der Waals surface area contributed by atoms with Crippen molar-refractivity contribution in [1.82, 2.24) is 24.9 Å². The number of hydrogen-bond donors (Lipinski definition) is 6. The van der Waals surface area contributed by atoms with Crippen molar-refractivity contribution in [3.8, 4) is 11.4 Å². The summed E-state index contributed by atoms with van der Waals surface area (Å²) in [5.74, 6) is -1.45. The van der Waals surface area contributed by atoms with Crippen LogP contribution in [0.1, 0.15) is 174 Å². The van der Waals surface area contributed by atoms with Gasteiger partial charge in [0.2, 0.25) is 0 Å². The molecule has 0 saturated heterocycles. The van der Waals surface area contributed by atoms with Crippen LogP contribution in [-0.2, 0) is 33.7 Å². The number of anilines is 1. The molecule has 23 nitrogen and oxygen atoms in total. The molecule has 0 aliphatic rings. The van der Waals surface area contributed by atoms with E-state index in [1.54, 1.807) is 111 Å². The van der Waals surface area contributed by atoms with Gasteiger partial charge in [-0.1, -0.05) is 201 Å². The van der Waals surface area contributed by atoms with Crippen LogP contribution in [-0.4, -0.2) is 114 Å². The van der Waals surface area contributed by atoms with Gasteiger partial charge in [-0.3, -0.25) is 34.6 Å². The maximum Gasteiger partial charge on any atom is 2.00 e. The Morgan fingerprint density at radius 3 is 1.39 bits per heavy atom. The fourth-order valence-electron chi connectivity index (χ4n) is 10.8. The van der Waals surface area contributed by atoms with Gasteiger partial charge < -0.3 is 57.9 Å². The van der Waals surface area contributed by atoms with Crippen molar-refractivity contribution < 1.29 is 80.7 Å². The van der Waals surface area contributed by atoms with E-state index < -0.39 is 51.4 Å². The summed E-state index contributed by atoms with van der Waals surface area (Å²) in [4.78, 5) is 78.8. The Bertz CT molecular complexity index is 5270. The zero-order valence-corrected chi connectivity index (χ0v) is 72.3.